The largest absolute Gasteiger partial charge is 0.548 e. The second kappa shape index (κ2) is 14.7. The van der Waals surface area contributed by atoms with Crippen molar-refractivity contribution in [2.75, 3.05) is 38.4 Å². The number of carbonyl (C=O) groups is 1. The number of carboxylic acids is 1. The Labute approximate surface area is 100 Å². The molecular weight excluding hydrogens is 232 g/mol. The van der Waals surface area contributed by atoms with Crippen LogP contribution in [0.5, 0.6) is 0 Å². The average molecular weight is 254 g/mol. The maximum Gasteiger partial charge on any atom is 0.0977 e. The van der Waals surface area contributed by atoms with Crippen LogP contribution < -0.4 is 16.6 Å². The van der Waals surface area contributed by atoms with Crippen LogP contribution in [0.4, 0.5) is 0 Å². The Bertz CT molecular complexity index is 156. The minimum atomic E-state index is -1.16. The highest BCUT2D eigenvalue weighted by Gasteiger charge is 2.00. The van der Waals surface area contributed by atoms with E-state index in [9.17, 15) is 9.90 Å². The lowest BCUT2D eigenvalue weighted by Crippen LogP contribution is -2.52. The van der Waals surface area contributed by atoms with E-state index in [2.05, 4.69) is 5.73 Å². The highest BCUT2D eigenvalue weighted by atomic mass is 32.2. The summed E-state index contributed by atoms with van der Waals surface area (Å²) in [5.41, 5.74) is 8.68. The molecule has 0 unspecified atom stereocenters. The summed E-state index contributed by atoms with van der Waals surface area (Å²) < 4.78 is 4.82. The molecule has 0 aliphatic heterocycles. The van der Waals surface area contributed by atoms with E-state index < -0.39 is 12.0 Å². The number of carbonyl (C=O) groups excluding carboxylic acids is 1. The zero-order valence-electron chi connectivity index (χ0n) is 9.68. The van der Waals surface area contributed by atoms with Crippen LogP contribution in [0, 0.1) is 0 Å². The maximum absolute atomic E-state index is 9.96. The van der Waals surface area contributed by atoms with Gasteiger partial charge in [0.25, 0.3) is 0 Å². The fourth-order valence-corrected chi connectivity index (χ4v) is 1.12. The van der Waals surface area contributed by atoms with Crippen LogP contribution in [0.25, 0.3) is 0 Å². The predicted octanol–water partition coefficient (Wildman–Crippen LogP) is -2.95. The number of aliphatic hydroxyl groups excluding tert-OH is 1. The van der Waals surface area contributed by atoms with Crippen LogP contribution in [-0.4, -0.2) is 55.5 Å². The van der Waals surface area contributed by atoms with Crippen LogP contribution in [0.2, 0.25) is 0 Å². The van der Waals surface area contributed by atoms with E-state index in [1.54, 1.807) is 11.8 Å². The van der Waals surface area contributed by atoms with Crippen LogP contribution >= 0.6 is 11.8 Å². The summed E-state index contributed by atoms with van der Waals surface area (Å²) in [7, 11) is 0. The molecule has 0 rings (SSSR count). The van der Waals surface area contributed by atoms with Gasteiger partial charge in [0.05, 0.1) is 32.3 Å². The van der Waals surface area contributed by atoms with E-state index in [4.69, 9.17) is 15.6 Å². The molecule has 0 spiro atoms. The molecule has 0 aliphatic rings. The molecule has 0 fully saturated rings. The molecule has 0 saturated heterocycles. The van der Waals surface area contributed by atoms with E-state index in [-0.39, 0.29) is 6.61 Å². The lowest BCUT2D eigenvalue weighted by molar-refractivity contribution is -0.374. The summed E-state index contributed by atoms with van der Waals surface area (Å²) in [6, 6.07) is -0.794. The van der Waals surface area contributed by atoms with Crippen molar-refractivity contribution in [3.8, 4) is 0 Å². The van der Waals surface area contributed by atoms with Gasteiger partial charge in [-0.2, -0.15) is 11.8 Å². The predicted molar refractivity (Wildman–Crippen MR) is 61.6 cm³/mol. The Kier molecular flexibility index (Phi) is 16.5. The van der Waals surface area contributed by atoms with Crippen molar-refractivity contribution in [2.24, 2.45) is 5.73 Å². The third-order valence-electron chi connectivity index (χ3n) is 1.46. The Balaban J connectivity index is 0. The zero-order chi connectivity index (χ0) is 12.8. The van der Waals surface area contributed by atoms with E-state index in [1.165, 1.54) is 0 Å². The fourth-order valence-electron chi connectivity index (χ4n) is 0.631. The summed E-state index contributed by atoms with van der Waals surface area (Å²) in [6.07, 6.45) is 2.39. The minimum absolute atomic E-state index is 0.111. The Morgan fingerprint density at radius 2 is 2.25 bits per heavy atom. The number of ether oxygens (including phenoxy) is 1. The van der Waals surface area contributed by atoms with Gasteiger partial charge in [-0.15, -0.1) is 0 Å². The summed E-state index contributed by atoms with van der Waals surface area (Å²) in [6.45, 7) is 1.98. The lowest BCUT2D eigenvalue weighted by Gasteiger charge is -2.10. The lowest BCUT2D eigenvalue weighted by atomic mass is 10.2. The van der Waals surface area contributed by atoms with Gasteiger partial charge in [0, 0.05) is 6.04 Å². The number of hydrogen-bond donors (Lipinski definition) is 3. The van der Waals surface area contributed by atoms with Gasteiger partial charge in [0.1, 0.15) is 0 Å². The first-order chi connectivity index (χ1) is 7.59. The normalized spacial score (nSPS) is 11.5. The molecular formula is C9H22N2O4S. The molecule has 98 valence electrons. The summed E-state index contributed by atoms with van der Waals surface area (Å²) in [5, 5.41) is 18.1. The molecule has 0 aliphatic carbocycles. The Morgan fingerprint density at radius 1 is 1.62 bits per heavy atom. The fraction of sp³-hybridized carbons (Fsp3) is 0.889. The number of quaternary nitrogens is 1. The molecule has 7 heteroatoms. The van der Waals surface area contributed by atoms with Crippen LogP contribution in [0.1, 0.15) is 6.42 Å². The standard InChI is InChI=1S/C5H11NO2S.C4H11NO2/c1-9-3-2-4(6)5(7)8;5-1-3-7-4-2-6/h4H,2-3,6H2,1H3,(H,7,8);6H,1-5H2/t4-;/m0./s1. The molecule has 0 radical (unpaired) electrons. The third kappa shape index (κ3) is 16.1. The maximum atomic E-state index is 9.96. The molecule has 0 bridgehead atoms. The second-order valence-corrected chi connectivity index (χ2v) is 3.88. The van der Waals surface area contributed by atoms with Crippen molar-refractivity contribution in [1.82, 2.24) is 0 Å². The molecule has 0 heterocycles. The number of rotatable bonds is 8. The van der Waals surface area contributed by atoms with Crippen molar-refractivity contribution in [3.63, 3.8) is 0 Å². The van der Waals surface area contributed by atoms with Crippen molar-refractivity contribution in [3.05, 3.63) is 0 Å². The van der Waals surface area contributed by atoms with Crippen LogP contribution in [0.3, 0.4) is 0 Å². The molecule has 0 aromatic heterocycles. The summed E-state index contributed by atoms with van der Waals surface area (Å²) in [5.74, 6) is -0.390. The number of thioether (sulfide) groups is 1. The van der Waals surface area contributed by atoms with E-state index >= 15 is 0 Å². The molecule has 1 atom stereocenters. The van der Waals surface area contributed by atoms with Gasteiger partial charge in [0.2, 0.25) is 0 Å². The van der Waals surface area contributed by atoms with Gasteiger partial charge in [0.15, 0.2) is 0 Å². The van der Waals surface area contributed by atoms with Crippen molar-refractivity contribution in [1.29, 1.82) is 0 Å². The molecule has 0 amide bonds. The topological polar surface area (TPSA) is 123 Å². The van der Waals surface area contributed by atoms with Crippen molar-refractivity contribution < 1.29 is 25.5 Å². The molecule has 0 aromatic rings. The first kappa shape index (κ1) is 18.0. The van der Waals surface area contributed by atoms with Gasteiger partial charge in [-0.05, 0) is 18.4 Å². The highest BCUT2D eigenvalue weighted by Crippen LogP contribution is 1.96. The SMILES string of the molecule is CSCC[C@H](N)C(=O)[O-].[NH3+]CCOCCO. The number of nitrogens with two attached hydrogens (primary N) is 1. The van der Waals surface area contributed by atoms with E-state index in [0.717, 1.165) is 12.3 Å². The number of aliphatic carboxylic acids is 1. The number of hydrogen-bond acceptors (Lipinski definition) is 6. The molecule has 6 N–H and O–H groups in total. The van der Waals surface area contributed by atoms with Crippen molar-refractivity contribution in [2.45, 2.75) is 12.5 Å². The molecule has 16 heavy (non-hydrogen) atoms. The quantitative estimate of drug-likeness (QED) is 0.398. The number of aliphatic hydroxyl groups is 1. The number of carboxylic acid groups (broad SMARTS) is 1. The van der Waals surface area contributed by atoms with Gasteiger partial charge in [-0.25, -0.2) is 0 Å². The monoisotopic (exact) mass is 254 g/mol. The van der Waals surface area contributed by atoms with Crippen LogP contribution in [-0.2, 0) is 9.53 Å². The Morgan fingerprint density at radius 3 is 2.62 bits per heavy atom. The summed E-state index contributed by atoms with van der Waals surface area (Å²) in [4.78, 5) is 9.96. The minimum Gasteiger partial charge on any atom is -0.548 e. The van der Waals surface area contributed by atoms with E-state index in [1.807, 2.05) is 6.26 Å². The Hall–Kier alpha value is -0.340. The van der Waals surface area contributed by atoms with Gasteiger partial charge in [-0.1, -0.05) is 0 Å². The zero-order valence-corrected chi connectivity index (χ0v) is 10.5. The van der Waals surface area contributed by atoms with E-state index in [0.29, 0.717) is 19.6 Å². The van der Waals surface area contributed by atoms with Gasteiger partial charge in [-0.3, -0.25) is 0 Å². The molecule has 6 nitrogen and oxygen atoms in total. The van der Waals surface area contributed by atoms with Crippen LogP contribution in [0.15, 0.2) is 0 Å². The average Bonchev–Trinajstić information content (AvgIpc) is 2.27. The second-order valence-electron chi connectivity index (χ2n) is 2.90. The molecule has 0 aromatic carbocycles. The molecule has 0 saturated carbocycles. The third-order valence-corrected chi connectivity index (χ3v) is 2.10. The first-order valence-corrected chi connectivity index (χ1v) is 6.42. The van der Waals surface area contributed by atoms with Crippen molar-refractivity contribution >= 4 is 17.7 Å². The summed E-state index contributed by atoms with van der Waals surface area (Å²) >= 11 is 1.58. The first-order valence-electron chi connectivity index (χ1n) is 5.03. The van der Waals surface area contributed by atoms with Gasteiger partial charge < -0.3 is 31.2 Å². The smallest absolute Gasteiger partial charge is 0.0977 e. The van der Waals surface area contributed by atoms with Gasteiger partial charge >= 0.3 is 0 Å². The highest BCUT2D eigenvalue weighted by molar-refractivity contribution is 7.98.